The van der Waals surface area contributed by atoms with Crippen molar-refractivity contribution in [1.82, 2.24) is 5.32 Å². The van der Waals surface area contributed by atoms with Crippen molar-refractivity contribution >= 4 is 11.9 Å². The summed E-state index contributed by atoms with van der Waals surface area (Å²) in [5.41, 5.74) is 6.03. The van der Waals surface area contributed by atoms with Gasteiger partial charge in [-0.3, -0.25) is 9.59 Å². The van der Waals surface area contributed by atoms with Gasteiger partial charge in [-0.1, -0.05) is 30.3 Å². The van der Waals surface area contributed by atoms with Crippen molar-refractivity contribution in [3.8, 4) is 0 Å². The summed E-state index contributed by atoms with van der Waals surface area (Å²) in [7, 11) is 0. The molecule has 0 saturated heterocycles. The number of aliphatic carboxylic acids is 1. The third-order valence-corrected chi connectivity index (χ3v) is 2.39. The molecule has 0 aromatic heterocycles. The van der Waals surface area contributed by atoms with Crippen LogP contribution < -0.4 is 11.1 Å². The molecule has 0 bridgehead atoms. The maximum Gasteiger partial charge on any atom is 0.312 e. The number of nitrogens with one attached hydrogen (secondary N) is 1. The van der Waals surface area contributed by atoms with E-state index in [9.17, 15) is 9.59 Å². The predicted octanol–water partition coefficient (Wildman–Crippen LogP) is 0.318. The monoisotopic (exact) mass is 236 g/mol. The summed E-state index contributed by atoms with van der Waals surface area (Å²) in [5.74, 6) is -2.08. The summed E-state index contributed by atoms with van der Waals surface area (Å²) in [6, 6.07) is 8.13. The van der Waals surface area contributed by atoms with E-state index in [0.717, 1.165) is 0 Å². The second-order valence-electron chi connectivity index (χ2n) is 3.84. The Morgan fingerprint density at radius 3 is 2.41 bits per heavy atom. The van der Waals surface area contributed by atoms with Crippen LogP contribution in [0.5, 0.6) is 0 Å². The Labute approximate surface area is 99.6 Å². The van der Waals surface area contributed by atoms with Gasteiger partial charge in [0.15, 0.2) is 0 Å². The van der Waals surface area contributed by atoms with E-state index in [4.69, 9.17) is 10.8 Å². The molecule has 0 saturated carbocycles. The van der Waals surface area contributed by atoms with Crippen molar-refractivity contribution in [2.45, 2.75) is 18.9 Å². The van der Waals surface area contributed by atoms with E-state index in [1.165, 1.54) is 0 Å². The molecule has 0 aliphatic rings. The molecule has 0 heterocycles. The lowest BCUT2D eigenvalue weighted by Crippen LogP contribution is -2.41. The van der Waals surface area contributed by atoms with Crippen LogP contribution in [0, 0.1) is 0 Å². The second kappa shape index (κ2) is 6.00. The summed E-state index contributed by atoms with van der Waals surface area (Å²) >= 11 is 0. The fourth-order valence-corrected chi connectivity index (χ4v) is 1.40. The van der Waals surface area contributed by atoms with Crippen molar-refractivity contribution in [2.24, 2.45) is 5.73 Å². The Bertz CT molecular complexity index is 390. The quantitative estimate of drug-likeness (QED) is 0.686. The molecule has 0 radical (unpaired) electrons. The molecule has 0 fully saturated rings. The fourth-order valence-electron chi connectivity index (χ4n) is 1.40. The number of hydrogen-bond acceptors (Lipinski definition) is 3. The van der Waals surface area contributed by atoms with Crippen molar-refractivity contribution < 1.29 is 14.7 Å². The molecule has 1 unspecified atom stereocenters. The number of rotatable bonds is 5. The van der Waals surface area contributed by atoms with Gasteiger partial charge in [0.05, 0.1) is 12.0 Å². The molecule has 2 atom stereocenters. The van der Waals surface area contributed by atoms with Crippen LogP contribution in [0.1, 0.15) is 18.4 Å². The first-order valence-corrected chi connectivity index (χ1v) is 5.33. The molecule has 1 amide bonds. The first-order chi connectivity index (χ1) is 8.02. The molecule has 0 spiro atoms. The maximum atomic E-state index is 11.3. The molecular weight excluding hydrogens is 220 g/mol. The lowest BCUT2D eigenvalue weighted by molar-refractivity contribution is -0.138. The molecule has 4 N–H and O–H groups in total. The minimum Gasteiger partial charge on any atom is -0.481 e. The molecule has 0 aliphatic carbocycles. The zero-order chi connectivity index (χ0) is 12.8. The summed E-state index contributed by atoms with van der Waals surface area (Å²) in [4.78, 5) is 22.4. The zero-order valence-corrected chi connectivity index (χ0v) is 9.59. The van der Waals surface area contributed by atoms with Crippen LogP contribution in [-0.2, 0) is 9.59 Å². The van der Waals surface area contributed by atoms with E-state index in [1.807, 2.05) is 6.07 Å². The number of hydrogen-bond donors (Lipinski definition) is 3. The molecular formula is C12H16N2O3. The van der Waals surface area contributed by atoms with Gasteiger partial charge in [0.2, 0.25) is 5.91 Å². The maximum absolute atomic E-state index is 11.3. The minimum absolute atomic E-state index is 0.0414. The standard InChI is InChI=1S/C12H16N2O3/c1-8(13)11(15)14-7-10(12(16)17)9-5-3-2-4-6-9/h2-6,8,10H,7,13H2,1H3,(H,14,15)(H,16,17)/t8-,10?/m1/s1. The highest BCUT2D eigenvalue weighted by Gasteiger charge is 2.20. The van der Waals surface area contributed by atoms with Crippen molar-refractivity contribution in [1.29, 1.82) is 0 Å². The summed E-state index contributed by atoms with van der Waals surface area (Å²) in [5, 5.41) is 11.6. The molecule has 0 aliphatic heterocycles. The number of carbonyl (C=O) groups excluding carboxylic acids is 1. The third-order valence-electron chi connectivity index (χ3n) is 2.39. The Hall–Kier alpha value is -1.88. The average Bonchev–Trinajstić information content (AvgIpc) is 2.29. The van der Waals surface area contributed by atoms with Crippen LogP contribution in [0.25, 0.3) is 0 Å². The first-order valence-electron chi connectivity index (χ1n) is 5.33. The van der Waals surface area contributed by atoms with Gasteiger partial charge in [-0.25, -0.2) is 0 Å². The SMILES string of the molecule is C[C@@H](N)C(=O)NCC(C(=O)O)c1ccccc1. The summed E-state index contributed by atoms with van der Waals surface area (Å²) < 4.78 is 0. The Morgan fingerprint density at radius 1 is 1.35 bits per heavy atom. The Balaban J connectivity index is 2.69. The minimum atomic E-state index is -0.971. The van der Waals surface area contributed by atoms with Gasteiger partial charge in [0, 0.05) is 6.54 Å². The van der Waals surface area contributed by atoms with Crippen molar-refractivity contribution in [3.63, 3.8) is 0 Å². The number of nitrogens with two attached hydrogens (primary N) is 1. The molecule has 1 aromatic carbocycles. The molecule has 1 aromatic rings. The van der Waals surface area contributed by atoms with Crippen LogP contribution >= 0.6 is 0 Å². The average molecular weight is 236 g/mol. The van der Waals surface area contributed by atoms with Gasteiger partial charge in [0.1, 0.15) is 0 Å². The normalized spacial score (nSPS) is 13.8. The Morgan fingerprint density at radius 2 is 1.94 bits per heavy atom. The molecule has 5 nitrogen and oxygen atoms in total. The topological polar surface area (TPSA) is 92.4 Å². The highest BCUT2D eigenvalue weighted by Crippen LogP contribution is 2.14. The number of amides is 1. The lowest BCUT2D eigenvalue weighted by Gasteiger charge is -2.14. The first kappa shape index (κ1) is 13.2. The van der Waals surface area contributed by atoms with Crippen LogP contribution in [-0.4, -0.2) is 29.6 Å². The van der Waals surface area contributed by atoms with Crippen molar-refractivity contribution in [3.05, 3.63) is 35.9 Å². The third kappa shape index (κ3) is 3.88. The highest BCUT2D eigenvalue weighted by atomic mass is 16.4. The summed E-state index contributed by atoms with van der Waals surface area (Å²) in [6.45, 7) is 1.59. The zero-order valence-electron chi connectivity index (χ0n) is 9.59. The largest absolute Gasteiger partial charge is 0.481 e. The van der Waals surface area contributed by atoms with Gasteiger partial charge in [0.25, 0.3) is 0 Å². The van der Waals surface area contributed by atoms with Gasteiger partial charge < -0.3 is 16.2 Å². The molecule has 17 heavy (non-hydrogen) atoms. The molecule has 1 rings (SSSR count). The summed E-state index contributed by atoms with van der Waals surface area (Å²) in [6.07, 6.45) is 0. The fraction of sp³-hybridized carbons (Fsp3) is 0.333. The number of carbonyl (C=O) groups is 2. The van der Waals surface area contributed by atoms with Crippen LogP contribution in [0.2, 0.25) is 0 Å². The smallest absolute Gasteiger partial charge is 0.312 e. The van der Waals surface area contributed by atoms with Crippen molar-refractivity contribution in [2.75, 3.05) is 6.54 Å². The van der Waals surface area contributed by atoms with E-state index in [0.29, 0.717) is 5.56 Å². The molecule has 5 heteroatoms. The van der Waals surface area contributed by atoms with Gasteiger partial charge >= 0.3 is 5.97 Å². The number of benzene rings is 1. The Kier molecular flexibility index (Phi) is 4.66. The van der Waals surface area contributed by atoms with Crippen LogP contribution in [0.3, 0.4) is 0 Å². The number of carboxylic acids is 1. The van der Waals surface area contributed by atoms with E-state index < -0.39 is 17.9 Å². The highest BCUT2D eigenvalue weighted by molar-refractivity contribution is 5.82. The van der Waals surface area contributed by atoms with Crippen LogP contribution in [0.4, 0.5) is 0 Å². The van der Waals surface area contributed by atoms with Crippen LogP contribution in [0.15, 0.2) is 30.3 Å². The lowest BCUT2D eigenvalue weighted by atomic mass is 9.99. The predicted molar refractivity (Wildman–Crippen MR) is 63.5 cm³/mol. The van der Waals surface area contributed by atoms with Gasteiger partial charge in [-0.15, -0.1) is 0 Å². The van der Waals surface area contributed by atoms with Gasteiger partial charge in [-0.05, 0) is 12.5 Å². The van der Waals surface area contributed by atoms with E-state index in [2.05, 4.69) is 5.32 Å². The van der Waals surface area contributed by atoms with E-state index in [1.54, 1.807) is 31.2 Å². The van der Waals surface area contributed by atoms with E-state index >= 15 is 0 Å². The number of carboxylic acid groups (broad SMARTS) is 1. The van der Waals surface area contributed by atoms with E-state index in [-0.39, 0.29) is 12.5 Å². The van der Waals surface area contributed by atoms with Gasteiger partial charge in [-0.2, -0.15) is 0 Å². The molecule has 92 valence electrons. The second-order valence-corrected chi connectivity index (χ2v) is 3.84.